The van der Waals surface area contributed by atoms with E-state index in [0.717, 1.165) is 6.42 Å². The van der Waals surface area contributed by atoms with E-state index in [-0.39, 0.29) is 19.5 Å². The van der Waals surface area contributed by atoms with Gasteiger partial charge in [-0.05, 0) is 31.9 Å². The number of aromatic amines is 1. The third-order valence-electron chi connectivity index (χ3n) is 1.92. The Morgan fingerprint density at radius 2 is 2.12 bits per heavy atom. The van der Waals surface area contributed by atoms with Crippen molar-refractivity contribution in [2.24, 2.45) is 0 Å². The van der Waals surface area contributed by atoms with Crippen LogP contribution in [0.25, 0.3) is 0 Å². The number of H-pyrrole nitrogens is 1. The van der Waals surface area contributed by atoms with Crippen molar-refractivity contribution in [2.45, 2.75) is 33.1 Å². The number of nitrogens with one attached hydrogen (secondary N) is 1. The molecular weight excluding hydrogens is 295 g/mol. The molecule has 2 heteroatoms. The van der Waals surface area contributed by atoms with Crippen molar-refractivity contribution in [3.05, 3.63) is 61.0 Å². The molecule has 0 unspecified atom stereocenters. The summed E-state index contributed by atoms with van der Waals surface area (Å²) in [6.07, 6.45) is 15.3. The van der Waals surface area contributed by atoms with E-state index < -0.39 is 0 Å². The molecule has 0 aromatic carbocycles. The number of hydrogen-bond acceptors (Lipinski definition) is 0. The fourth-order valence-electron chi connectivity index (χ4n) is 1.16. The number of aromatic nitrogens is 1. The summed E-state index contributed by atoms with van der Waals surface area (Å²) in [5, 5.41) is 0. The van der Waals surface area contributed by atoms with Gasteiger partial charge in [0.05, 0.1) is 0 Å². The second-order valence-corrected chi connectivity index (χ2v) is 3.42. The van der Waals surface area contributed by atoms with E-state index >= 15 is 0 Å². The van der Waals surface area contributed by atoms with E-state index in [0.29, 0.717) is 0 Å². The van der Waals surface area contributed by atoms with E-state index in [1.54, 1.807) is 0 Å². The van der Waals surface area contributed by atoms with E-state index in [1.807, 2.05) is 43.5 Å². The Kier molecular flexibility index (Phi) is 16.4. The third kappa shape index (κ3) is 13.1. The first-order chi connectivity index (χ1) is 7.85. The van der Waals surface area contributed by atoms with Crippen LogP contribution in [0.3, 0.4) is 0 Å². The van der Waals surface area contributed by atoms with Gasteiger partial charge in [0.25, 0.3) is 0 Å². The summed E-state index contributed by atoms with van der Waals surface area (Å²) in [5.41, 5.74) is 1.34. The largest absolute Gasteiger partial charge is 0.365 e. The summed E-state index contributed by atoms with van der Waals surface area (Å²) in [5.74, 6) is 0. The maximum Gasteiger partial charge on any atom is 0.0147 e. The van der Waals surface area contributed by atoms with Crippen LogP contribution in [0, 0.1) is 0 Å². The Morgan fingerprint density at radius 1 is 1.35 bits per heavy atom. The monoisotopic (exact) mass is 319 g/mol. The predicted octanol–water partition coefficient (Wildman–Crippen LogP) is 4.66. The topological polar surface area (TPSA) is 15.8 Å². The molecule has 0 fully saturated rings. The molecule has 96 valence electrons. The fraction of sp³-hybridized carbons (Fsp3) is 0.333. The minimum absolute atomic E-state index is 0. The molecule has 1 aromatic rings. The first-order valence-electron chi connectivity index (χ1n) is 5.86. The summed E-state index contributed by atoms with van der Waals surface area (Å²) in [4.78, 5) is 3.14. The van der Waals surface area contributed by atoms with E-state index in [4.69, 9.17) is 0 Å². The van der Waals surface area contributed by atoms with Gasteiger partial charge in [-0.3, -0.25) is 0 Å². The summed E-state index contributed by atoms with van der Waals surface area (Å²) < 4.78 is 0. The Hall–Kier alpha value is -0.877. The average molecular weight is 318 g/mol. The molecule has 1 nitrogen and oxygen atoms in total. The summed E-state index contributed by atoms with van der Waals surface area (Å²) in [7, 11) is 0. The van der Waals surface area contributed by atoms with Gasteiger partial charge in [0, 0.05) is 31.4 Å². The molecule has 1 N–H and O–H groups in total. The van der Waals surface area contributed by atoms with Crippen molar-refractivity contribution >= 4 is 0 Å². The average Bonchev–Trinajstić information content (AvgIpc) is 2.79. The molecule has 0 saturated carbocycles. The molecule has 0 saturated heterocycles. The predicted molar refractivity (Wildman–Crippen MR) is 73.6 cm³/mol. The fourth-order valence-corrected chi connectivity index (χ4v) is 1.16. The molecule has 0 radical (unpaired) electrons. The van der Waals surface area contributed by atoms with Crippen LogP contribution in [-0.4, -0.2) is 4.98 Å². The van der Waals surface area contributed by atoms with Gasteiger partial charge in [-0.25, -0.2) is 0 Å². The summed E-state index contributed by atoms with van der Waals surface area (Å²) >= 11 is 0. The second kappa shape index (κ2) is 15.1. The van der Waals surface area contributed by atoms with Gasteiger partial charge in [-0.2, -0.15) is 0 Å². The van der Waals surface area contributed by atoms with Crippen molar-refractivity contribution in [1.29, 1.82) is 0 Å². The molecule has 1 rings (SSSR count). The van der Waals surface area contributed by atoms with Crippen molar-refractivity contribution in [3.8, 4) is 0 Å². The standard InChI is InChI=1S/C8H12.C7H11N.Ru/c1-3-5-7-8-6-4-2;1-2-4-7-5-3-6-8-7;/h3-4,6-8H,1,5H2,2H3;3,5-6,8H,2,4H2,1H3;. The SMILES string of the molecule is C=CCC=CC=CC.CCCc1ccc[nH]1.[Ru]. The van der Waals surface area contributed by atoms with Crippen molar-refractivity contribution < 1.29 is 19.5 Å². The summed E-state index contributed by atoms with van der Waals surface area (Å²) in [6.45, 7) is 7.76. The van der Waals surface area contributed by atoms with E-state index in [2.05, 4.69) is 30.6 Å². The second-order valence-electron chi connectivity index (χ2n) is 3.42. The van der Waals surface area contributed by atoms with Gasteiger partial charge in [0.2, 0.25) is 0 Å². The Balaban J connectivity index is 0. The first kappa shape index (κ1) is 18.5. The molecular formula is C15H23NRu. The number of aryl methyl sites for hydroxylation is 1. The molecule has 0 aliphatic carbocycles. The van der Waals surface area contributed by atoms with Crippen LogP contribution in [0.4, 0.5) is 0 Å². The first-order valence-corrected chi connectivity index (χ1v) is 5.86. The minimum Gasteiger partial charge on any atom is -0.365 e. The zero-order valence-electron chi connectivity index (χ0n) is 10.8. The molecule has 0 bridgehead atoms. The number of rotatable bonds is 5. The third-order valence-corrected chi connectivity index (χ3v) is 1.92. The zero-order valence-corrected chi connectivity index (χ0v) is 12.5. The molecule has 1 heterocycles. The van der Waals surface area contributed by atoms with Gasteiger partial charge in [-0.15, -0.1) is 6.58 Å². The minimum atomic E-state index is 0. The van der Waals surface area contributed by atoms with Crippen LogP contribution in [0.2, 0.25) is 0 Å². The number of allylic oxidation sites excluding steroid dienone is 5. The van der Waals surface area contributed by atoms with Crippen LogP contribution in [-0.2, 0) is 25.9 Å². The normalized spacial score (nSPS) is 9.76. The summed E-state index contributed by atoms with van der Waals surface area (Å²) in [6, 6.07) is 4.15. The zero-order chi connectivity index (χ0) is 12.1. The molecule has 17 heavy (non-hydrogen) atoms. The van der Waals surface area contributed by atoms with Crippen molar-refractivity contribution in [3.63, 3.8) is 0 Å². The van der Waals surface area contributed by atoms with Gasteiger partial charge in [-0.1, -0.05) is 43.7 Å². The molecule has 0 atom stereocenters. The van der Waals surface area contributed by atoms with Gasteiger partial charge in [0.1, 0.15) is 0 Å². The Bertz CT molecular complexity index is 297. The van der Waals surface area contributed by atoms with Crippen LogP contribution in [0.1, 0.15) is 32.4 Å². The van der Waals surface area contributed by atoms with E-state index in [9.17, 15) is 0 Å². The molecule has 0 amide bonds. The number of hydrogen-bond donors (Lipinski definition) is 1. The quantitative estimate of drug-likeness (QED) is 0.462. The van der Waals surface area contributed by atoms with Gasteiger partial charge in [0.15, 0.2) is 0 Å². The van der Waals surface area contributed by atoms with Crippen molar-refractivity contribution in [1.82, 2.24) is 4.98 Å². The smallest absolute Gasteiger partial charge is 0.0147 e. The van der Waals surface area contributed by atoms with Crippen LogP contribution >= 0.6 is 0 Å². The maximum atomic E-state index is 3.58. The Morgan fingerprint density at radius 3 is 2.59 bits per heavy atom. The van der Waals surface area contributed by atoms with E-state index in [1.165, 1.54) is 18.5 Å². The van der Waals surface area contributed by atoms with Crippen molar-refractivity contribution in [2.75, 3.05) is 0 Å². The van der Waals surface area contributed by atoms with Crippen LogP contribution < -0.4 is 0 Å². The molecule has 0 spiro atoms. The molecule has 1 aromatic heterocycles. The molecule has 0 aliphatic rings. The van der Waals surface area contributed by atoms with Crippen LogP contribution in [0.5, 0.6) is 0 Å². The van der Waals surface area contributed by atoms with Gasteiger partial charge >= 0.3 is 0 Å². The van der Waals surface area contributed by atoms with Crippen LogP contribution in [0.15, 0.2) is 55.3 Å². The van der Waals surface area contributed by atoms with Gasteiger partial charge < -0.3 is 4.98 Å². The maximum absolute atomic E-state index is 3.58. The Labute approximate surface area is 118 Å². The molecule has 0 aliphatic heterocycles.